The number of carbonyl (C=O) groups excluding carboxylic acids is 3. The van der Waals surface area contributed by atoms with Gasteiger partial charge in [0.05, 0.1) is 33.0 Å². The van der Waals surface area contributed by atoms with Crippen LogP contribution in [0.1, 0.15) is 38.7 Å². The Hall–Kier alpha value is -3.34. The second-order valence-corrected chi connectivity index (χ2v) is 6.83. The van der Waals surface area contributed by atoms with Crippen molar-refractivity contribution in [2.24, 2.45) is 11.3 Å². The van der Waals surface area contributed by atoms with Crippen LogP contribution in [0.15, 0.2) is 35.9 Å². The number of carbonyl (C=O) groups is 3. The lowest BCUT2D eigenvalue weighted by Gasteiger charge is -2.41. The summed E-state index contributed by atoms with van der Waals surface area (Å²) in [6.07, 6.45) is 1.70. The van der Waals surface area contributed by atoms with Crippen molar-refractivity contribution in [3.63, 3.8) is 0 Å². The van der Waals surface area contributed by atoms with E-state index in [9.17, 15) is 19.6 Å². The summed E-state index contributed by atoms with van der Waals surface area (Å²) >= 11 is 0. The quantitative estimate of drug-likeness (QED) is 0.458. The van der Waals surface area contributed by atoms with E-state index in [1.54, 1.807) is 51.1 Å². The first kappa shape index (κ1) is 23.9. The van der Waals surface area contributed by atoms with Crippen LogP contribution in [0, 0.1) is 22.7 Å². The van der Waals surface area contributed by atoms with Gasteiger partial charge in [0, 0.05) is 11.5 Å². The smallest absolute Gasteiger partial charge is 0.334 e. The summed E-state index contributed by atoms with van der Waals surface area (Å²) < 4.78 is 20.7. The summed E-state index contributed by atoms with van der Waals surface area (Å²) in [4.78, 5) is 38.9. The fraction of sp³-hybridized carbons (Fsp3) is 0.478. The molecule has 8 nitrogen and oxygen atoms in total. The van der Waals surface area contributed by atoms with Gasteiger partial charge in [0.15, 0.2) is 5.41 Å². The monoisotopic (exact) mass is 429 g/mol. The second kappa shape index (κ2) is 10.6. The maximum absolute atomic E-state index is 13.2. The molecule has 0 saturated carbocycles. The molecule has 0 heterocycles. The number of hydrogen-bond donors (Lipinski definition) is 0. The highest BCUT2D eigenvalue weighted by Crippen LogP contribution is 2.52. The third kappa shape index (κ3) is 4.55. The Morgan fingerprint density at radius 2 is 1.65 bits per heavy atom. The predicted molar refractivity (Wildman–Crippen MR) is 110 cm³/mol. The van der Waals surface area contributed by atoms with Crippen LogP contribution in [-0.4, -0.2) is 44.8 Å². The average Bonchev–Trinajstić information content (AvgIpc) is 2.78. The number of hydrogen-bond acceptors (Lipinski definition) is 8. The lowest BCUT2D eigenvalue weighted by Crippen LogP contribution is -2.51. The molecule has 1 aromatic rings. The number of nitriles is 1. The summed E-state index contributed by atoms with van der Waals surface area (Å²) in [6.45, 7) is 4.94. The van der Waals surface area contributed by atoms with Crippen LogP contribution in [-0.2, 0) is 28.6 Å². The van der Waals surface area contributed by atoms with Gasteiger partial charge in [0.1, 0.15) is 11.7 Å². The zero-order valence-electron chi connectivity index (χ0n) is 18.2. The molecule has 1 aliphatic rings. The fourth-order valence-electron chi connectivity index (χ4n) is 3.88. The number of benzene rings is 1. The molecule has 0 radical (unpaired) electrons. The highest BCUT2D eigenvalue weighted by atomic mass is 16.5. The summed E-state index contributed by atoms with van der Waals surface area (Å²) in [7, 11) is 1.53. The van der Waals surface area contributed by atoms with E-state index in [2.05, 4.69) is 0 Å². The SMILES string of the molecule is CCOC(=O)C1=CC[C@H](c2ccc(OC)cc2)[C@@](C#N)(C(=O)OCC)[C@@H]1C(=O)OCC. The van der Waals surface area contributed by atoms with Crippen molar-refractivity contribution >= 4 is 17.9 Å². The molecule has 0 N–H and O–H groups in total. The molecule has 0 unspecified atom stereocenters. The van der Waals surface area contributed by atoms with E-state index in [0.29, 0.717) is 11.3 Å². The Kier molecular flexibility index (Phi) is 8.20. The first-order chi connectivity index (χ1) is 14.9. The van der Waals surface area contributed by atoms with Crippen molar-refractivity contribution in [3.8, 4) is 11.8 Å². The minimum Gasteiger partial charge on any atom is -0.497 e. The van der Waals surface area contributed by atoms with Gasteiger partial charge >= 0.3 is 17.9 Å². The molecular weight excluding hydrogens is 402 g/mol. The molecule has 3 atom stereocenters. The van der Waals surface area contributed by atoms with Crippen LogP contribution in [0.25, 0.3) is 0 Å². The number of rotatable bonds is 8. The van der Waals surface area contributed by atoms with E-state index in [1.165, 1.54) is 7.11 Å². The number of nitrogens with zero attached hydrogens (tertiary/aromatic N) is 1. The Bertz CT molecular complexity index is 884. The van der Waals surface area contributed by atoms with Gasteiger partial charge in [0.25, 0.3) is 0 Å². The van der Waals surface area contributed by atoms with Crippen LogP contribution < -0.4 is 4.74 Å². The first-order valence-corrected chi connectivity index (χ1v) is 10.2. The molecule has 8 heteroatoms. The molecule has 2 rings (SSSR count). The molecule has 1 aliphatic carbocycles. The van der Waals surface area contributed by atoms with Crippen LogP contribution in [0.2, 0.25) is 0 Å². The van der Waals surface area contributed by atoms with Crippen molar-refractivity contribution in [3.05, 3.63) is 41.5 Å². The van der Waals surface area contributed by atoms with E-state index >= 15 is 0 Å². The average molecular weight is 429 g/mol. The number of allylic oxidation sites excluding steroid dienone is 1. The third-order valence-electron chi connectivity index (χ3n) is 5.24. The lowest BCUT2D eigenvalue weighted by atomic mass is 9.58. The number of esters is 3. The van der Waals surface area contributed by atoms with Crippen LogP contribution >= 0.6 is 0 Å². The zero-order chi connectivity index (χ0) is 23.0. The van der Waals surface area contributed by atoms with Gasteiger partial charge in [-0.3, -0.25) is 9.59 Å². The van der Waals surface area contributed by atoms with E-state index in [4.69, 9.17) is 18.9 Å². The van der Waals surface area contributed by atoms with Crippen molar-refractivity contribution in [2.75, 3.05) is 26.9 Å². The predicted octanol–water partition coefficient (Wildman–Crippen LogP) is 2.92. The molecule has 0 spiro atoms. The molecule has 0 aromatic heterocycles. The van der Waals surface area contributed by atoms with Gasteiger partial charge in [-0.2, -0.15) is 5.26 Å². The standard InChI is InChI=1S/C23H27NO7/c1-5-29-20(25)17-12-13-18(15-8-10-16(28-4)11-9-15)23(14-24,22(27)31-7-3)19(17)21(26)30-6-2/h8-12,18-19H,5-7,13H2,1-4H3/t18-,19+,23-/m1/s1. The van der Waals surface area contributed by atoms with Crippen molar-refractivity contribution in [2.45, 2.75) is 33.1 Å². The largest absolute Gasteiger partial charge is 0.497 e. The molecule has 0 saturated heterocycles. The highest BCUT2D eigenvalue weighted by molar-refractivity contribution is 6.01. The highest BCUT2D eigenvalue weighted by Gasteiger charge is 2.61. The van der Waals surface area contributed by atoms with Crippen LogP contribution in [0.3, 0.4) is 0 Å². The van der Waals surface area contributed by atoms with E-state index < -0.39 is 35.2 Å². The van der Waals surface area contributed by atoms with Crippen molar-refractivity contribution in [1.82, 2.24) is 0 Å². The third-order valence-corrected chi connectivity index (χ3v) is 5.24. The van der Waals surface area contributed by atoms with E-state index in [0.717, 1.165) is 0 Å². The van der Waals surface area contributed by atoms with Crippen molar-refractivity contribution in [1.29, 1.82) is 5.26 Å². The van der Waals surface area contributed by atoms with Gasteiger partial charge < -0.3 is 18.9 Å². The molecule has 0 amide bonds. The Balaban J connectivity index is 2.74. The molecule has 31 heavy (non-hydrogen) atoms. The zero-order valence-corrected chi connectivity index (χ0v) is 18.2. The van der Waals surface area contributed by atoms with Gasteiger partial charge in [-0.15, -0.1) is 0 Å². The van der Waals surface area contributed by atoms with Gasteiger partial charge in [-0.05, 0) is 44.9 Å². The molecule has 1 aromatic carbocycles. The Morgan fingerprint density at radius 1 is 1.03 bits per heavy atom. The van der Waals surface area contributed by atoms with Crippen LogP contribution in [0.5, 0.6) is 5.75 Å². The molecule has 0 bridgehead atoms. The lowest BCUT2D eigenvalue weighted by molar-refractivity contribution is -0.167. The van der Waals surface area contributed by atoms with Crippen molar-refractivity contribution < 1.29 is 33.3 Å². The van der Waals surface area contributed by atoms with E-state index in [1.807, 2.05) is 6.07 Å². The summed E-state index contributed by atoms with van der Waals surface area (Å²) in [5.41, 5.74) is -1.45. The maximum atomic E-state index is 13.2. The van der Waals surface area contributed by atoms with Gasteiger partial charge in [-0.1, -0.05) is 18.2 Å². The van der Waals surface area contributed by atoms with Gasteiger partial charge in [0.2, 0.25) is 0 Å². The number of methoxy groups -OCH3 is 1. The summed E-state index contributed by atoms with van der Waals surface area (Å²) in [5.74, 6) is -4.15. The minimum absolute atomic E-state index is 0.00555. The van der Waals surface area contributed by atoms with Gasteiger partial charge in [-0.25, -0.2) is 4.79 Å². The normalized spacial score (nSPS) is 22.5. The maximum Gasteiger partial charge on any atom is 0.334 e. The molecule has 0 aliphatic heterocycles. The second-order valence-electron chi connectivity index (χ2n) is 6.83. The number of ether oxygens (including phenoxy) is 4. The summed E-state index contributed by atoms with van der Waals surface area (Å²) in [5, 5.41) is 10.3. The Labute approximate surface area is 181 Å². The molecule has 166 valence electrons. The first-order valence-electron chi connectivity index (χ1n) is 10.2. The Morgan fingerprint density at radius 3 is 2.16 bits per heavy atom. The van der Waals surface area contributed by atoms with Crippen LogP contribution in [0.4, 0.5) is 0 Å². The minimum atomic E-state index is -2.01. The fourth-order valence-corrected chi connectivity index (χ4v) is 3.88. The topological polar surface area (TPSA) is 112 Å². The molecular formula is C23H27NO7. The summed E-state index contributed by atoms with van der Waals surface area (Å²) in [6, 6.07) is 8.89. The molecule has 0 fully saturated rings. The van der Waals surface area contributed by atoms with E-state index in [-0.39, 0.29) is 31.8 Å².